The van der Waals surface area contributed by atoms with E-state index in [1.165, 1.54) is 0 Å². The van der Waals surface area contributed by atoms with Crippen LogP contribution in [0.3, 0.4) is 0 Å². The molecule has 0 aliphatic heterocycles. The number of aryl methyl sites for hydroxylation is 1. The Morgan fingerprint density at radius 1 is 1.00 bits per heavy atom. The minimum Gasteiger partial charge on any atom is -0.356 e. The van der Waals surface area contributed by atoms with Gasteiger partial charge in [0.05, 0.1) is 4.90 Å². The standard InChI is InChI=1S/C22H31N5O3S.HI/c1-17-8-10-20(11-9-17)31(29,30)26-15-14-25-22(23-2)24-13-12-18-6-5-7-19(16-18)21(28)27(3)4;/h5-11,16,26H,12-15H2,1-4H3,(H2,23,24,25);1H. The minimum atomic E-state index is -3.53. The Morgan fingerprint density at radius 3 is 2.28 bits per heavy atom. The number of amides is 1. The van der Waals surface area contributed by atoms with Gasteiger partial charge in [-0.05, 0) is 43.2 Å². The van der Waals surface area contributed by atoms with Crippen LogP contribution in [-0.2, 0) is 16.4 Å². The molecule has 0 aliphatic rings. The van der Waals surface area contributed by atoms with Crippen molar-refractivity contribution in [2.45, 2.75) is 18.2 Å². The molecule has 0 bridgehead atoms. The predicted molar refractivity (Wildman–Crippen MR) is 139 cm³/mol. The second kappa shape index (κ2) is 13.4. The third-order valence-corrected chi connectivity index (χ3v) is 6.03. The molecule has 2 aromatic carbocycles. The maximum absolute atomic E-state index is 12.3. The van der Waals surface area contributed by atoms with E-state index < -0.39 is 10.0 Å². The summed E-state index contributed by atoms with van der Waals surface area (Å²) in [7, 11) is 1.58. The van der Waals surface area contributed by atoms with Gasteiger partial charge in [0.1, 0.15) is 0 Å². The van der Waals surface area contributed by atoms with Gasteiger partial charge in [-0.2, -0.15) is 0 Å². The van der Waals surface area contributed by atoms with Crippen molar-refractivity contribution >= 4 is 45.9 Å². The molecule has 0 unspecified atom stereocenters. The molecule has 0 fully saturated rings. The first-order chi connectivity index (χ1) is 14.7. The molecular formula is C22H32IN5O3S. The van der Waals surface area contributed by atoms with E-state index in [2.05, 4.69) is 20.3 Å². The van der Waals surface area contributed by atoms with Crippen molar-refractivity contribution in [3.8, 4) is 0 Å². The van der Waals surface area contributed by atoms with Crippen molar-refractivity contribution in [3.63, 3.8) is 0 Å². The fraction of sp³-hybridized carbons (Fsp3) is 0.364. The lowest BCUT2D eigenvalue weighted by Gasteiger charge is -2.13. The molecule has 3 N–H and O–H groups in total. The Bertz CT molecular complexity index is 1010. The van der Waals surface area contributed by atoms with Crippen LogP contribution in [0.25, 0.3) is 0 Å². The molecule has 1 amide bonds. The van der Waals surface area contributed by atoms with Gasteiger partial charge in [0.2, 0.25) is 10.0 Å². The summed E-state index contributed by atoms with van der Waals surface area (Å²) >= 11 is 0. The highest BCUT2D eigenvalue weighted by atomic mass is 127. The molecule has 0 heterocycles. The summed E-state index contributed by atoms with van der Waals surface area (Å²) in [4.78, 5) is 18.0. The molecule has 0 saturated carbocycles. The molecule has 32 heavy (non-hydrogen) atoms. The Morgan fingerprint density at radius 2 is 1.66 bits per heavy atom. The first-order valence-corrected chi connectivity index (χ1v) is 11.5. The van der Waals surface area contributed by atoms with E-state index in [4.69, 9.17) is 0 Å². The molecule has 2 aromatic rings. The fourth-order valence-electron chi connectivity index (χ4n) is 2.83. The molecule has 0 aliphatic carbocycles. The van der Waals surface area contributed by atoms with Gasteiger partial charge in [0.25, 0.3) is 5.91 Å². The number of hydrogen-bond donors (Lipinski definition) is 3. The van der Waals surface area contributed by atoms with Crippen molar-refractivity contribution < 1.29 is 13.2 Å². The van der Waals surface area contributed by atoms with E-state index in [-0.39, 0.29) is 41.3 Å². The van der Waals surface area contributed by atoms with Crippen LogP contribution in [0.15, 0.2) is 58.4 Å². The number of benzene rings is 2. The van der Waals surface area contributed by atoms with Crippen molar-refractivity contribution in [1.82, 2.24) is 20.3 Å². The molecule has 2 rings (SSSR count). The Labute approximate surface area is 208 Å². The number of nitrogens with one attached hydrogen (secondary N) is 3. The molecule has 0 aromatic heterocycles. The zero-order valence-corrected chi connectivity index (χ0v) is 22.0. The Kier molecular flexibility index (Phi) is 11.7. The van der Waals surface area contributed by atoms with E-state index in [1.54, 1.807) is 56.4 Å². The van der Waals surface area contributed by atoms with E-state index in [9.17, 15) is 13.2 Å². The van der Waals surface area contributed by atoms with Gasteiger partial charge >= 0.3 is 0 Å². The normalized spacial score (nSPS) is 11.4. The van der Waals surface area contributed by atoms with E-state index >= 15 is 0 Å². The second-order valence-electron chi connectivity index (χ2n) is 7.29. The van der Waals surface area contributed by atoms with Crippen LogP contribution < -0.4 is 15.4 Å². The number of aliphatic imine (C=N–C) groups is 1. The summed E-state index contributed by atoms with van der Waals surface area (Å²) in [5, 5.41) is 6.28. The largest absolute Gasteiger partial charge is 0.356 e. The second-order valence-corrected chi connectivity index (χ2v) is 9.05. The highest BCUT2D eigenvalue weighted by molar-refractivity contribution is 14.0. The number of carbonyl (C=O) groups excluding carboxylic acids is 1. The van der Waals surface area contributed by atoms with E-state index in [1.807, 2.05) is 25.1 Å². The summed E-state index contributed by atoms with van der Waals surface area (Å²) in [5.74, 6) is 0.551. The van der Waals surface area contributed by atoms with Crippen molar-refractivity contribution in [2.75, 3.05) is 40.8 Å². The SMILES string of the molecule is CN=C(NCCNS(=O)(=O)c1ccc(C)cc1)NCCc1cccc(C(=O)N(C)C)c1.I. The van der Waals surface area contributed by atoms with Crippen LogP contribution in [0.1, 0.15) is 21.5 Å². The first-order valence-electron chi connectivity index (χ1n) is 10.0. The van der Waals surface area contributed by atoms with E-state index in [0.717, 1.165) is 17.5 Å². The number of halogens is 1. The molecular weight excluding hydrogens is 541 g/mol. The molecule has 0 spiro atoms. The molecule has 0 radical (unpaired) electrons. The van der Waals surface area contributed by atoms with Crippen molar-refractivity contribution in [2.24, 2.45) is 4.99 Å². The van der Waals surface area contributed by atoms with Gasteiger partial charge in [0.15, 0.2) is 5.96 Å². The fourth-order valence-corrected chi connectivity index (χ4v) is 3.86. The highest BCUT2D eigenvalue weighted by Gasteiger charge is 2.12. The number of nitrogens with zero attached hydrogens (tertiary/aromatic N) is 2. The molecule has 176 valence electrons. The monoisotopic (exact) mass is 573 g/mol. The lowest BCUT2D eigenvalue weighted by molar-refractivity contribution is 0.0827. The predicted octanol–water partition coefficient (Wildman–Crippen LogP) is 2.00. The minimum absolute atomic E-state index is 0. The van der Waals surface area contributed by atoms with Gasteiger partial charge < -0.3 is 15.5 Å². The zero-order chi connectivity index (χ0) is 22.9. The molecule has 0 saturated heterocycles. The highest BCUT2D eigenvalue weighted by Crippen LogP contribution is 2.09. The van der Waals surface area contributed by atoms with Crippen LogP contribution in [0, 0.1) is 6.92 Å². The smallest absolute Gasteiger partial charge is 0.253 e. The summed E-state index contributed by atoms with van der Waals surface area (Å²) < 4.78 is 27.2. The van der Waals surface area contributed by atoms with Crippen LogP contribution in [-0.4, -0.2) is 66.0 Å². The number of rotatable bonds is 9. The summed E-state index contributed by atoms with van der Waals surface area (Å²) in [6.07, 6.45) is 0.718. The van der Waals surface area contributed by atoms with Crippen LogP contribution in [0.2, 0.25) is 0 Å². The lowest BCUT2D eigenvalue weighted by atomic mass is 10.1. The topological polar surface area (TPSA) is 103 Å². The average molecular weight is 574 g/mol. The molecule has 0 atom stereocenters. The van der Waals surface area contributed by atoms with E-state index in [0.29, 0.717) is 24.6 Å². The summed E-state index contributed by atoms with van der Waals surface area (Å²) in [5.41, 5.74) is 2.71. The molecule has 10 heteroatoms. The number of guanidine groups is 1. The third kappa shape index (κ3) is 8.75. The third-order valence-electron chi connectivity index (χ3n) is 4.55. The van der Waals surface area contributed by atoms with Crippen molar-refractivity contribution in [3.05, 3.63) is 65.2 Å². The van der Waals surface area contributed by atoms with Gasteiger partial charge in [-0.15, -0.1) is 24.0 Å². The zero-order valence-electron chi connectivity index (χ0n) is 18.9. The summed E-state index contributed by atoms with van der Waals surface area (Å²) in [6, 6.07) is 14.3. The van der Waals surface area contributed by atoms with Gasteiger partial charge in [-0.25, -0.2) is 13.1 Å². The number of hydrogen-bond acceptors (Lipinski definition) is 4. The lowest BCUT2D eigenvalue weighted by Crippen LogP contribution is -2.42. The van der Waals surface area contributed by atoms with Crippen molar-refractivity contribution in [1.29, 1.82) is 0 Å². The van der Waals surface area contributed by atoms with Gasteiger partial charge in [0, 0.05) is 46.3 Å². The van der Waals surface area contributed by atoms with Gasteiger partial charge in [-0.3, -0.25) is 9.79 Å². The Balaban J connectivity index is 0.00000512. The number of carbonyl (C=O) groups is 1. The first kappa shape index (κ1) is 27.9. The van der Waals surface area contributed by atoms with Gasteiger partial charge in [-0.1, -0.05) is 29.8 Å². The number of sulfonamides is 1. The van der Waals surface area contributed by atoms with Crippen LogP contribution >= 0.6 is 24.0 Å². The quantitative estimate of drug-likeness (QED) is 0.184. The maximum atomic E-state index is 12.3. The van der Waals surface area contributed by atoms with Crippen LogP contribution in [0.4, 0.5) is 0 Å². The Hall–Kier alpha value is -2.18. The average Bonchev–Trinajstić information content (AvgIpc) is 2.75. The summed E-state index contributed by atoms with van der Waals surface area (Å²) in [6.45, 7) is 3.14. The maximum Gasteiger partial charge on any atom is 0.253 e. The van der Waals surface area contributed by atoms with Crippen LogP contribution in [0.5, 0.6) is 0 Å². The molecule has 8 nitrogen and oxygen atoms in total.